The number of esters is 4. The lowest BCUT2D eigenvalue weighted by Gasteiger charge is -2.06. The Labute approximate surface area is 169 Å². The van der Waals surface area contributed by atoms with Gasteiger partial charge in [-0.3, -0.25) is 0 Å². The summed E-state index contributed by atoms with van der Waals surface area (Å²) in [6, 6.07) is 8.60. The third-order valence-electron chi connectivity index (χ3n) is 2.70. The molecule has 8 nitrogen and oxygen atoms in total. The van der Waals surface area contributed by atoms with Crippen molar-refractivity contribution in [1.82, 2.24) is 0 Å². The highest BCUT2D eigenvalue weighted by Gasteiger charge is 2.40. The molecule has 0 amide bonds. The molecule has 30 heavy (non-hydrogen) atoms. The Morgan fingerprint density at radius 2 is 1.20 bits per heavy atom. The van der Waals surface area contributed by atoms with E-state index in [1.807, 2.05) is 6.07 Å². The molecule has 0 N–H and O–H groups in total. The molecule has 0 bridgehead atoms. The maximum atomic E-state index is 11.5. The van der Waals surface area contributed by atoms with E-state index in [9.17, 15) is 32.3 Å². The minimum atomic E-state index is -5.03. The molecule has 1 aromatic carbocycles. The van der Waals surface area contributed by atoms with Crippen LogP contribution in [0.3, 0.4) is 0 Å². The van der Waals surface area contributed by atoms with Crippen molar-refractivity contribution in [2.45, 2.75) is 6.18 Å². The van der Waals surface area contributed by atoms with Crippen molar-refractivity contribution in [2.75, 3.05) is 26.4 Å². The molecule has 0 aromatic heterocycles. The van der Waals surface area contributed by atoms with Crippen LogP contribution in [0.1, 0.15) is 10.4 Å². The summed E-state index contributed by atoms with van der Waals surface area (Å²) in [5.74, 6) is -4.08. The fourth-order valence-corrected chi connectivity index (χ4v) is 1.41. The Hall–Kier alpha value is -3.63. The second-order valence-corrected chi connectivity index (χ2v) is 4.88. The Bertz CT molecular complexity index is 729. The fourth-order valence-electron chi connectivity index (χ4n) is 1.41. The minimum absolute atomic E-state index is 0.0312. The summed E-state index contributed by atoms with van der Waals surface area (Å²) in [7, 11) is 0. The Morgan fingerprint density at radius 1 is 0.767 bits per heavy atom. The number of benzene rings is 1. The van der Waals surface area contributed by atoms with Gasteiger partial charge in [0, 0.05) is 12.2 Å². The Morgan fingerprint density at radius 3 is 1.63 bits per heavy atom. The molecule has 0 aliphatic rings. The Balaban J connectivity index is 0.000000567. The zero-order chi connectivity index (χ0) is 23.0. The molecular weight excluding hydrogens is 413 g/mol. The van der Waals surface area contributed by atoms with Crippen molar-refractivity contribution < 1.29 is 51.3 Å². The number of ether oxygens (including phenoxy) is 4. The van der Waals surface area contributed by atoms with E-state index >= 15 is 0 Å². The number of hydrogen-bond acceptors (Lipinski definition) is 8. The molecule has 1 aromatic rings. The van der Waals surface area contributed by atoms with Gasteiger partial charge in [0.1, 0.15) is 26.4 Å². The topological polar surface area (TPSA) is 105 Å². The largest absolute Gasteiger partial charge is 0.490 e. The van der Waals surface area contributed by atoms with E-state index in [4.69, 9.17) is 4.74 Å². The number of rotatable bonds is 9. The molecule has 164 valence electrons. The molecule has 0 heterocycles. The predicted octanol–water partition coefficient (Wildman–Crippen LogP) is 2.39. The van der Waals surface area contributed by atoms with Gasteiger partial charge < -0.3 is 18.9 Å². The first-order valence-corrected chi connectivity index (χ1v) is 8.16. The lowest BCUT2D eigenvalue weighted by atomic mass is 10.2. The summed E-state index contributed by atoms with van der Waals surface area (Å²) in [6.07, 6.45) is -3.13. The molecule has 11 heteroatoms. The maximum Gasteiger partial charge on any atom is 0.490 e. The SMILES string of the molecule is C=CC(=O)OCCOC(=O)C(F)(F)F.C=CC(=O)OCCOC(=O)c1ccccc1. The van der Waals surface area contributed by atoms with E-state index < -0.39 is 43.3 Å². The molecule has 0 aliphatic heterocycles. The van der Waals surface area contributed by atoms with E-state index in [1.165, 1.54) is 0 Å². The smallest absolute Gasteiger partial charge is 0.459 e. The van der Waals surface area contributed by atoms with Crippen molar-refractivity contribution in [2.24, 2.45) is 0 Å². The van der Waals surface area contributed by atoms with Crippen LogP contribution in [0.4, 0.5) is 13.2 Å². The van der Waals surface area contributed by atoms with E-state index in [1.54, 1.807) is 24.3 Å². The second-order valence-electron chi connectivity index (χ2n) is 4.88. The van der Waals surface area contributed by atoms with Gasteiger partial charge in [-0.05, 0) is 12.1 Å². The normalized spacial score (nSPS) is 9.83. The summed E-state index contributed by atoms with van der Waals surface area (Å²) in [4.78, 5) is 42.4. The molecule has 0 aliphatic carbocycles. The summed E-state index contributed by atoms with van der Waals surface area (Å²) in [5, 5.41) is 0. The molecule has 0 spiro atoms. The average Bonchev–Trinajstić information content (AvgIpc) is 2.73. The van der Waals surface area contributed by atoms with Crippen LogP contribution in [0.5, 0.6) is 0 Å². The van der Waals surface area contributed by atoms with Crippen molar-refractivity contribution in [1.29, 1.82) is 0 Å². The number of alkyl halides is 3. The first-order valence-electron chi connectivity index (χ1n) is 8.16. The van der Waals surface area contributed by atoms with Crippen LogP contribution >= 0.6 is 0 Å². The zero-order valence-electron chi connectivity index (χ0n) is 15.7. The molecule has 0 atom stereocenters. The second kappa shape index (κ2) is 14.4. The van der Waals surface area contributed by atoms with Gasteiger partial charge >= 0.3 is 30.1 Å². The van der Waals surface area contributed by atoms with Gasteiger partial charge in [0.05, 0.1) is 5.56 Å². The molecular formula is C19H19F3O8. The van der Waals surface area contributed by atoms with Crippen molar-refractivity contribution in [3.8, 4) is 0 Å². The van der Waals surface area contributed by atoms with Gasteiger partial charge in [-0.15, -0.1) is 0 Å². The van der Waals surface area contributed by atoms with Gasteiger partial charge in [-0.2, -0.15) is 13.2 Å². The van der Waals surface area contributed by atoms with Crippen LogP contribution in [0.2, 0.25) is 0 Å². The average molecular weight is 432 g/mol. The number of hydrogen-bond donors (Lipinski definition) is 0. The van der Waals surface area contributed by atoms with E-state index in [0.717, 1.165) is 12.2 Å². The van der Waals surface area contributed by atoms with Gasteiger partial charge in [-0.1, -0.05) is 31.4 Å². The van der Waals surface area contributed by atoms with Crippen LogP contribution in [-0.4, -0.2) is 56.5 Å². The van der Waals surface area contributed by atoms with Gasteiger partial charge in [0.2, 0.25) is 0 Å². The first-order chi connectivity index (χ1) is 14.1. The molecule has 0 radical (unpaired) electrons. The third-order valence-corrected chi connectivity index (χ3v) is 2.70. The van der Waals surface area contributed by atoms with Crippen molar-refractivity contribution in [3.05, 3.63) is 61.2 Å². The zero-order valence-corrected chi connectivity index (χ0v) is 15.7. The first kappa shape index (κ1) is 26.4. The van der Waals surface area contributed by atoms with Crippen LogP contribution in [0.15, 0.2) is 55.6 Å². The van der Waals surface area contributed by atoms with Crippen LogP contribution in [0, 0.1) is 0 Å². The Kier molecular flexibility index (Phi) is 12.6. The van der Waals surface area contributed by atoms with Crippen molar-refractivity contribution in [3.63, 3.8) is 0 Å². The molecule has 0 fully saturated rings. The number of carbonyl (C=O) groups excluding carboxylic acids is 4. The predicted molar refractivity (Wildman–Crippen MR) is 96.1 cm³/mol. The molecule has 0 saturated heterocycles. The molecule has 1 rings (SSSR count). The monoisotopic (exact) mass is 432 g/mol. The summed E-state index contributed by atoms with van der Waals surface area (Å²) in [6.45, 7) is 5.28. The van der Waals surface area contributed by atoms with E-state index in [0.29, 0.717) is 5.56 Å². The highest BCUT2D eigenvalue weighted by atomic mass is 19.4. The maximum absolute atomic E-state index is 11.5. The lowest BCUT2D eigenvalue weighted by Crippen LogP contribution is -2.26. The van der Waals surface area contributed by atoms with Crippen LogP contribution in [0.25, 0.3) is 0 Å². The lowest BCUT2D eigenvalue weighted by molar-refractivity contribution is -0.200. The number of halogens is 3. The van der Waals surface area contributed by atoms with Crippen LogP contribution < -0.4 is 0 Å². The fraction of sp³-hybridized carbons (Fsp3) is 0.263. The van der Waals surface area contributed by atoms with Gasteiger partial charge in [0.25, 0.3) is 0 Å². The molecule has 0 unspecified atom stereocenters. The van der Waals surface area contributed by atoms with Crippen molar-refractivity contribution >= 4 is 23.9 Å². The summed E-state index contributed by atoms with van der Waals surface area (Å²) in [5.41, 5.74) is 0.470. The highest BCUT2D eigenvalue weighted by molar-refractivity contribution is 5.89. The van der Waals surface area contributed by atoms with Crippen LogP contribution in [-0.2, 0) is 33.3 Å². The number of carbonyl (C=O) groups is 4. The van der Waals surface area contributed by atoms with Gasteiger partial charge in [0.15, 0.2) is 0 Å². The quantitative estimate of drug-likeness (QED) is 0.254. The molecule has 0 saturated carbocycles. The third kappa shape index (κ3) is 12.7. The minimum Gasteiger partial charge on any atom is -0.459 e. The summed E-state index contributed by atoms with van der Waals surface area (Å²) >= 11 is 0. The van der Waals surface area contributed by atoms with Gasteiger partial charge in [-0.25, -0.2) is 19.2 Å². The van der Waals surface area contributed by atoms with E-state index in [2.05, 4.69) is 27.4 Å². The standard InChI is InChI=1S/C12H12O4.C7H7F3O4/c1-2-11(13)15-8-9-16-12(14)10-6-4-3-5-7-10;1-2-5(11)13-3-4-14-6(12)7(8,9)10/h2-7H,1,8-9H2;2H,1,3-4H2. The van der Waals surface area contributed by atoms with E-state index in [-0.39, 0.29) is 13.2 Å². The highest BCUT2D eigenvalue weighted by Crippen LogP contribution is 2.16. The summed E-state index contributed by atoms with van der Waals surface area (Å²) < 4.78 is 52.0.